The van der Waals surface area contributed by atoms with E-state index in [-0.39, 0.29) is 23.3 Å². The van der Waals surface area contributed by atoms with Gasteiger partial charge in [-0.15, -0.1) is 0 Å². The lowest BCUT2D eigenvalue weighted by molar-refractivity contribution is -0.130. The Morgan fingerprint density at radius 3 is 2.44 bits per heavy atom. The van der Waals surface area contributed by atoms with Crippen LogP contribution < -0.4 is 10.0 Å². The Balaban J connectivity index is 1.63. The molecule has 2 aromatic carbocycles. The fraction of sp³-hybridized carbons (Fsp3) is 0.316. The molecule has 1 aliphatic rings. The average molecular weight is 391 g/mol. The van der Waals surface area contributed by atoms with Crippen LogP contribution in [0.5, 0.6) is 0 Å². The number of likely N-dealkylation sites (N-methyl/N-ethyl adjacent to an activating group) is 1. The number of hydrogen-bond acceptors (Lipinski definition) is 4. The minimum absolute atomic E-state index is 0.0186. The van der Waals surface area contributed by atoms with Crippen molar-refractivity contribution < 1.29 is 17.6 Å². The summed E-state index contributed by atoms with van der Waals surface area (Å²) in [4.78, 5) is 14.1. The second kappa shape index (κ2) is 8.06. The van der Waals surface area contributed by atoms with E-state index >= 15 is 0 Å². The predicted octanol–water partition coefficient (Wildman–Crippen LogP) is 1.99. The molecule has 2 aromatic rings. The van der Waals surface area contributed by atoms with Crippen molar-refractivity contribution in [3.05, 3.63) is 59.9 Å². The predicted molar refractivity (Wildman–Crippen MR) is 101 cm³/mol. The van der Waals surface area contributed by atoms with Crippen LogP contribution in [0.1, 0.15) is 12.0 Å². The molecule has 1 fully saturated rings. The van der Waals surface area contributed by atoms with E-state index in [2.05, 4.69) is 10.0 Å². The third kappa shape index (κ3) is 4.84. The van der Waals surface area contributed by atoms with Crippen LogP contribution in [0.25, 0.3) is 0 Å². The van der Waals surface area contributed by atoms with Crippen molar-refractivity contribution in [3.63, 3.8) is 0 Å². The van der Waals surface area contributed by atoms with Crippen LogP contribution in [0.2, 0.25) is 0 Å². The van der Waals surface area contributed by atoms with Gasteiger partial charge in [0.05, 0.1) is 11.3 Å². The molecule has 0 aromatic heterocycles. The van der Waals surface area contributed by atoms with Crippen LogP contribution in [0, 0.1) is 5.82 Å². The van der Waals surface area contributed by atoms with Crippen LogP contribution in [-0.4, -0.2) is 45.4 Å². The van der Waals surface area contributed by atoms with Gasteiger partial charge in [-0.1, -0.05) is 12.1 Å². The van der Waals surface area contributed by atoms with Crippen molar-refractivity contribution in [1.29, 1.82) is 0 Å². The first-order valence-electron chi connectivity index (χ1n) is 8.69. The molecule has 144 valence electrons. The molecule has 0 spiro atoms. The number of hydrogen-bond donors (Lipinski definition) is 2. The second-order valence-electron chi connectivity index (χ2n) is 6.58. The van der Waals surface area contributed by atoms with Gasteiger partial charge in [0.1, 0.15) is 5.82 Å². The SMILES string of the molecule is CN(C(=O)Cc1ccc(NS(=O)(=O)c2ccc(F)cc2)cc1)C1CCNC1. The van der Waals surface area contributed by atoms with Gasteiger partial charge >= 0.3 is 0 Å². The molecular formula is C19H22FN3O3S. The van der Waals surface area contributed by atoms with Gasteiger partial charge < -0.3 is 10.2 Å². The summed E-state index contributed by atoms with van der Waals surface area (Å²) in [6.07, 6.45) is 1.21. The fourth-order valence-electron chi connectivity index (χ4n) is 2.99. The minimum Gasteiger partial charge on any atom is -0.341 e. The van der Waals surface area contributed by atoms with E-state index in [1.54, 1.807) is 29.2 Å². The lowest BCUT2D eigenvalue weighted by atomic mass is 10.1. The van der Waals surface area contributed by atoms with E-state index in [1.165, 1.54) is 12.1 Å². The Hall–Kier alpha value is -2.45. The molecule has 0 bridgehead atoms. The summed E-state index contributed by atoms with van der Waals surface area (Å²) in [5.41, 5.74) is 1.19. The number of benzene rings is 2. The molecule has 0 aliphatic carbocycles. The standard InChI is InChI=1S/C19H22FN3O3S/c1-23(17-10-11-21-13-17)19(24)12-14-2-6-16(7-3-14)22-27(25,26)18-8-4-15(20)5-9-18/h2-9,17,21-22H,10-13H2,1H3. The summed E-state index contributed by atoms with van der Waals surface area (Å²) < 4.78 is 40.0. The van der Waals surface area contributed by atoms with Crippen molar-refractivity contribution in [2.24, 2.45) is 0 Å². The number of carbonyl (C=O) groups excluding carboxylic acids is 1. The third-order valence-electron chi connectivity index (χ3n) is 4.66. The maximum Gasteiger partial charge on any atom is 0.261 e. The average Bonchev–Trinajstić information content (AvgIpc) is 3.17. The first-order chi connectivity index (χ1) is 12.8. The van der Waals surface area contributed by atoms with Crippen LogP contribution in [0.3, 0.4) is 0 Å². The van der Waals surface area contributed by atoms with Gasteiger partial charge in [0.15, 0.2) is 0 Å². The van der Waals surface area contributed by atoms with E-state index in [1.807, 2.05) is 7.05 Å². The molecule has 0 radical (unpaired) electrons. The Kier molecular flexibility index (Phi) is 5.76. The van der Waals surface area contributed by atoms with Crippen molar-refractivity contribution in [2.45, 2.75) is 23.8 Å². The maximum atomic E-state index is 13.0. The van der Waals surface area contributed by atoms with Gasteiger partial charge in [-0.05, 0) is 54.9 Å². The third-order valence-corrected chi connectivity index (χ3v) is 6.06. The normalized spacial score (nSPS) is 16.9. The first kappa shape index (κ1) is 19.3. The molecule has 27 heavy (non-hydrogen) atoms. The van der Waals surface area contributed by atoms with Gasteiger partial charge in [-0.25, -0.2) is 12.8 Å². The van der Waals surface area contributed by atoms with Crippen molar-refractivity contribution in [3.8, 4) is 0 Å². The summed E-state index contributed by atoms with van der Waals surface area (Å²) in [5.74, 6) is -0.468. The van der Waals surface area contributed by atoms with Gasteiger partial charge in [0.25, 0.3) is 10.0 Å². The summed E-state index contributed by atoms with van der Waals surface area (Å²) in [6.45, 7) is 1.73. The molecule has 6 nitrogen and oxygen atoms in total. The number of rotatable bonds is 6. The number of carbonyl (C=O) groups is 1. The summed E-state index contributed by atoms with van der Waals surface area (Å²) in [5, 5.41) is 3.24. The lowest BCUT2D eigenvalue weighted by Gasteiger charge is -2.23. The smallest absolute Gasteiger partial charge is 0.261 e. The zero-order valence-electron chi connectivity index (χ0n) is 15.0. The van der Waals surface area contributed by atoms with Crippen LogP contribution in [0.15, 0.2) is 53.4 Å². The number of amides is 1. The first-order valence-corrected chi connectivity index (χ1v) is 10.2. The van der Waals surface area contributed by atoms with Crippen molar-refractivity contribution in [2.75, 3.05) is 24.9 Å². The number of nitrogens with one attached hydrogen (secondary N) is 2. The molecule has 1 heterocycles. The molecule has 1 aliphatic heterocycles. The van der Waals surface area contributed by atoms with Gasteiger partial charge in [-0.3, -0.25) is 9.52 Å². The van der Waals surface area contributed by atoms with E-state index in [0.717, 1.165) is 37.2 Å². The van der Waals surface area contributed by atoms with Crippen molar-refractivity contribution >= 4 is 21.6 Å². The second-order valence-corrected chi connectivity index (χ2v) is 8.27. The molecule has 3 rings (SSSR count). The minimum atomic E-state index is -3.79. The van der Waals surface area contributed by atoms with Crippen LogP contribution in [-0.2, 0) is 21.2 Å². The molecule has 2 N–H and O–H groups in total. The van der Waals surface area contributed by atoms with Crippen LogP contribution in [0.4, 0.5) is 10.1 Å². The number of sulfonamides is 1. The van der Waals surface area contributed by atoms with Crippen LogP contribution >= 0.6 is 0 Å². The topological polar surface area (TPSA) is 78.5 Å². The monoisotopic (exact) mass is 391 g/mol. The molecule has 1 amide bonds. The van der Waals surface area contributed by atoms with Gasteiger partial charge in [0.2, 0.25) is 5.91 Å². The van der Waals surface area contributed by atoms with E-state index in [9.17, 15) is 17.6 Å². The van der Waals surface area contributed by atoms with E-state index in [4.69, 9.17) is 0 Å². The summed E-state index contributed by atoms with van der Waals surface area (Å²) >= 11 is 0. The quantitative estimate of drug-likeness (QED) is 0.789. The largest absolute Gasteiger partial charge is 0.341 e. The number of nitrogens with zero attached hydrogens (tertiary/aromatic N) is 1. The van der Waals surface area contributed by atoms with Crippen molar-refractivity contribution in [1.82, 2.24) is 10.2 Å². The Morgan fingerprint density at radius 1 is 1.19 bits per heavy atom. The highest BCUT2D eigenvalue weighted by molar-refractivity contribution is 7.92. The van der Waals surface area contributed by atoms with Gasteiger partial charge in [0, 0.05) is 25.3 Å². The summed E-state index contributed by atoms with van der Waals surface area (Å²) in [6, 6.07) is 11.5. The zero-order valence-corrected chi connectivity index (χ0v) is 15.8. The van der Waals surface area contributed by atoms with Gasteiger partial charge in [-0.2, -0.15) is 0 Å². The molecule has 1 atom stereocenters. The van der Waals surface area contributed by atoms with E-state index < -0.39 is 15.8 Å². The lowest BCUT2D eigenvalue weighted by Crippen LogP contribution is -2.39. The molecule has 1 saturated heterocycles. The van der Waals surface area contributed by atoms with E-state index in [0.29, 0.717) is 5.69 Å². The highest BCUT2D eigenvalue weighted by atomic mass is 32.2. The number of halogens is 1. The Morgan fingerprint density at radius 2 is 1.85 bits per heavy atom. The maximum absolute atomic E-state index is 13.0. The summed E-state index contributed by atoms with van der Waals surface area (Å²) in [7, 11) is -1.98. The zero-order chi connectivity index (χ0) is 19.4. The Labute approximate surface area is 158 Å². The molecule has 1 unspecified atom stereocenters. The highest BCUT2D eigenvalue weighted by Crippen LogP contribution is 2.18. The fourth-order valence-corrected chi connectivity index (χ4v) is 4.05. The number of anilines is 1. The highest BCUT2D eigenvalue weighted by Gasteiger charge is 2.23. The molecular weight excluding hydrogens is 369 g/mol. The molecule has 8 heteroatoms. The Bertz CT molecular complexity index is 893. The molecule has 0 saturated carbocycles.